The fourth-order valence-electron chi connectivity index (χ4n) is 3.02. The molecule has 0 spiro atoms. The largest absolute Gasteiger partial charge is 0.383 e. The molecule has 1 aromatic heterocycles. The molecular formula is C21H23N3O4S. The van der Waals surface area contributed by atoms with Gasteiger partial charge in [0, 0.05) is 42.5 Å². The predicted molar refractivity (Wildman–Crippen MR) is 112 cm³/mol. The Labute approximate surface area is 170 Å². The van der Waals surface area contributed by atoms with Crippen LogP contribution in [-0.4, -0.2) is 50.4 Å². The Morgan fingerprint density at radius 1 is 1.17 bits per heavy atom. The summed E-state index contributed by atoms with van der Waals surface area (Å²) in [6, 6.07) is 14.0. The van der Waals surface area contributed by atoms with Crippen molar-refractivity contribution in [1.82, 2.24) is 9.29 Å². The Bertz CT molecular complexity index is 1110. The molecule has 0 radical (unpaired) electrons. The van der Waals surface area contributed by atoms with E-state index in [1.807, 2.05) is 25.1 Å². The van der Waals surface area contributed by atoms with E-state index in [-0.39, 0.29) is 24.6 Å². The van der Waals surface area contributed by atoms with E-state index >= 15 is 0 Å². The number of rotatable bonds is 8. The molecule has 0 aliphatic heterocycles. The molecule has 1 heterocycles. The zero-order valence-electron chi connectivity index (χ0n) is 16.3. The lowest BCUT2D eigenvalue weighted by Crippen LogP contribution is -2.40. The topological polar surface area (TPSA) is 88.6 Å². The van der Waals surface area contributed by atoms with Crippen LogP contribution in [-0.2, 0) is 19.6 Å². The van der Waals surface area contributed by atoms with Crippen LogP contribution in [0.25, 0.3) is 10.8 Å². The van der Waals surface area contributed by atoms with Gasteiger partial charge >= 0.3 is 0 Å². The molecule has 0 bridgehead atoms. The molecule has 0 saturated heterocycles. The summed E-state index contributed by atoms with van der Waals surface area (Å²) in [6.07, 6.45) is 3.16. The molecule has 0 aliphatic rings. The fraction of sp³-hybridized carbons (Fsp3) is 0.238. The first-order valence-electron chi connectivity index (χ1n) is 9.10. The molecule has 0 atom stereocenters. The quantitative estimate of drug-likeness (QED) is 0.613. The number of carbonyl (C=O) groups excluding carboxylic acids is 1. The minimum absolute atomic E-state index is 0.0571. The fourth-order valence-corrected chi connectivity index (χ4v) is 4.61. The summed E-state index contributed by atoms with van der Waals surface area (Å²) in [6.45, 7) is 1.83. The number of hydrogen-bond donors (Lipinski definition) is 1. The number of hydrogen-bond acceptors (Lipinski definition) is 5. The highest BCUT2D eigenvalue weighted by molar-refractivity contribution is 7.89. The van der Waals surface area contributed by atoms with Crippen molar-refractivity contribution < 1.29 is 17.9 Å². The second-order valence-corrected chi connectivity index (χ2v) is 8.51. The number of anilines is 1. The SMILES string of the molecule is COCCN(CC(=O)Nc1cccc(C)c1)S(=O)(=O)c1cccc2cnccc12. The van der Waals surface area contributed by atoms with Crippen molar-refractivity contribution in [3.8, 4) is 0 Å². The normalized spacial score (nSPS) is 11.7. The maximum absolute atomic E-state index is 13.4. The van der Waals surface area contributed by atoms with Crippen LogP contribution in [0.5, 0.6) is 0 Å². The van der Waals surface area contributed by atoms with Crippen LogP contribution in [0.4, 0.5) is 5.69 Å². The number of nitrogens with zero attached hydrogens (tertiary/aromatic N) is 2. The molecule has 0 aliphatic carbocycles. The zero-order valence-corrected chi connectivity index (χ0v) is 17.1. The third-order valence-electron chi connectivity index (χ3n) is 4.43. The minimum Gasteiger partial charge on any atom is -0.383 e. The molecule has 2 aromatic carbocycles. The number of nitrogens with one attached hydrogen (secondary N) is 1. The molecule has 0 unspecified atom stereocenters. The molecule has 1 amide bonds. The van der Waals surface area contributed by atoms with Gasteiger partial charge in [-0.3, -0.25) is 9.78 Å². The Morgan fingerprint density at radius 2 is 1.97 bits per heavy atom. The van der Waals surface area contributed by atoms with Gasteiger partial charge in [0.2, 0.25) is 15.9 Å². The molecule has 0 saturated carbocycles. The van der Waals surface area contributed by atoms with Crippen molar-refractivity contribution in [3.63, 3.8) is 0 Å². The van der Waals surface area contributed by atoms with Gasteiger partial charge in [0.1, 0.15) is 0 Å². The van der Waals surface area contributed by atoms with Crippen molar-refractivity contribution in [2.75, 3.05) is 32.1 Å². The van der Waals surface area contributed by atoms with Gasteiger partial charge in [0.15, 0.2) is 0 Å². The van der Waals surface area contributed by atoms with Crippen molar-refractivity contribution in [2.24, 2.45) is 0 Å². The number of aryl methyl sites for hydroxylation is 1. The molecule has 29 heavy (non-hydrogen) atoms. The third-order valence-corrected chi connectivity index (χ3v) is 6.33. The number of aromatic nitrogens is 1. The van der Waals surface area contributed by atoms with E-state index in [0.717, 1.165) is 9.87 Å². The molecule has 3 rings (SSSR count). The molecule has 152 valence electrons. The van der Waals surface area contributed by atoms with Gasteiger partial charge in [-0.15, -0.1) is 0 Å². The van der Waals surface area contributed by atoms with Crippen molar-refractivity contribution in [2.45, 2.75) is 11.8 Å². The average molecular weight is 413 g/mol. The summed E-state index contributed by atoms with van der Waals surface area (Å²) < 4.78 is 32.9. The minimum atomic E-state index is -3.93. The van der Waals surface area contributed by atoms with Crippen molar-refractivity contribution in [3.05, 3.63) is 66.5 Å². The van der Waals surface area contributed by atoms with Crippen LogP contribution in [0, 0.1) is 6.92 Å². The van der Waals surface area contributed by atoms with Crippen LogP contribution in [0.15, 0.2) is 65.8 Å². The van der Waals surface area contributed by atoms with Gasteiger partial charge < -0.3 is 10.1 Å². The number of pyridine rings is 1. The Kier molecular flexibility index (Phi) is 6.58. The second-order valence-electron chi connectivity index (χ2n) is 6.60. The van der Waals surface area contributed by atoms with Crippen molar-refractivity contribution >= 4 is 32.4 Å². The van der Waals surface area contributed by atoms with E-state index in [1.165, 1.54) is 13.2 Å². The zero-order chi connectivity index (χ0) is 20.9. The number of ether oxygens (including phenoxy) is 1. The summed E-state index contributed by atoms with van der Waals surface area (Å²) in [5.41, 5.74) is 1.62. The molecule has 7 nitrogen and oxygen atoms in total. The van der Waals surface area contributed by atoms with Gasteiger partial charge in [0.05, 0.1) is 18.0 Å². The number of methoxy groups -OCH3 is 1. The number of amides is 1. The molecule has 0 fully saturated rings. The summed E-state index contributed by atoms with van der Waals surface area (Å²) in [4.78, 5) is 16.7. The smallest absolute Gasteiger partial charge is 0.244 e. The Balaban J connectivity index is 1.89. The predicted octanol–water partition coefficient (Wildman–Crippen LogP) is 2.82. The Morgan fingerprint density at radius 3 is 2.72 bits per heavy atom. The van der Waals surface area contributed by atoms with E-state index in [1.54, 1.807) is 36.7 Å². The summed E-state index contributed by atoms with van der Waals surface area (Å²) in [5.74, 6) is -0.419. The van der Waals surface area contributed by atoms with E-state index < -0.39 is 15.9 Å². The first-order chi connectivity index (χ1) is 13.9. The van der Waals surface area contributed by atoms with Gasteiger partial charge in [-0.2, -0.15) is 4.31 Å². The van der Waals surface area contributed by atoms with Crippen LogP contribution in [0.3, 0.4) is 0 Å². The van der Waals surface area contributed by atoms with Crippen LogP contribution in [0.1, 0.15) is 5.56 Å². The van der Waals surface area contributed by atoms with Gasteiger partial charge in [-0.05, 0) is 36.8 Å². The number of sulfonamides is 1. The third kappa shape index (κ3) is 4.97. The average Bonchev–Trinajstić information content (AvgIpc) is 2.70. The summed E-state index contributed by atoms with van der Waals surface area (Å²) in [7, 11) is -2.44. The van der Waals surface area contributed by atoms with E-state index in [4.69, 9.17) is 4.74 Å². The van der Waals surface area contributed by atoms with Gasteiger partial charge in [-0.1, -0.05) is 24.3 Å². The van der Waals surface area contributed by atoms with Crippen LogP contribution in [0.2, 0.25) is 0 Å². The number of fused-ring (bicyclic) bond motifs is 1. The second kappa shape index (κ2) is 9.13. The van der Waals surface area contributed by atoms with E-state index in [2.05, 4.69) is 10.3 Å². The maximum atomic E-state index is 13.4. The van der Waals surface area contributed by atoms with Crippen LogP contribution >= 0.6 is 0 Å². The molecule has 3 aromatic rings. The number of benzene rings is 2. The lowest BCUT2D eigenvalue weighted by Gasteiger charge is -2.22. The van der Waals surface area contributed by atoms with Crippen LogP contribution < -0.4 is 5.32 Å². The highest BCUT2D eigenvalue weighted by atomic mass is 32.2. The lowest BCUT2D eigenvalue weighted by atomic mass is 10.2. The standard InChI is InChI=1S/C21H23N3O4S/c1-16-5-3-7-18(13-16)23-21(25)15-24(11-12-28-2)29(26,27)20-8-4-6-17-14-22-10-9-19(17)20/h3-10,13-14H,11-12,15H2,1-2H3,(H,23,25). The highest BCUT2D eigenvalue weighted by Crippen LogP contribution is 2.25. The Hall–Kier alpha value is -2.81. The first kappa shape index (κ1) is 20.9. The van der Waals surface area contributed by atoms with E-state index in [0.29, 0.717) is 16.5 Å². The molecule has 1 N–H and O–H groups in total. The molecule has 8 heteroatoms. The van der Waals surface area contributed by atoms with Crippen molar-refractivity contribution in [1.29, 1.82) is 0 Å². The lowest BCUT2D eigenvalue weighted by molar-refractivity contribution is -0.116. The van der Waals surface area contributed by atoms with Gasteiger partial charge in [-0.25, -0.2) is 8.42 Å². The molecular weight excluding hydrogens is 390 g/mol. The monoisotopic (exact) mass is 413 g/mol. The maximum Gasteiger partial charge on any atom is 0.244 e. The first-order valence-corrected chi connectivity index (χ1v) is 10.5. The van der Waals surface area contributed by atoms with Gasteiger partial charge in [0.25, 0.3) is 0 Å². The summed E-state index contributed by atoms with van der Waals surface area (Å²) in [5, 5.41) is 4.03. The number of carbonyl (C=O) groups is 1. The highest BCUT2D eigenvalue weighted by Gasteiger charge is 2.28. The summed E-state index contributed by atoms with van der Waals surface area (Å²) >= 11 is 0. The van der Waals surface area contributed by atoms with E-state index in [9.17, 15) is 13.2 Å².